The van der Waals surface area contributed by atoms with Gasteiger partial charge in [-0.1, -0.05) is 13.3 Å². The summed E-state index contributed by atoms with van der Waals surface area (Å²) in [4.78, 5) is 4.46. The van der Waals surface area contributed by atoms with E-state index in [1.54, 1.807) is 20.8 Å². The molecule has 0 saturated heterocycles. The molecular formula is C17H36IN3O2S. The quantitative estimate of drug-likeness (QED) is 0.353. The van der Waals surface area contributed by atoms with Crippen molar-refractivity contribution in [2.75, 3.05) is 18.8 Å². The van der Waals surface area contributed by atoms with Crippen LogP contribution in [0.2, 0.25) is 0 Å². The molecule has 0 aromatic heterocycles. The number of sulfone groups is 1. The molecule has 144 valence electrons. The average Bonchev–Trinajstić information content (AvgIpc) is 2.47. The summed E-state index contributed by atoms with van der Waals surface area (Å²) in [5.74, 6) is 1.70. The minimum absolute atomic E-state index is 0. The molecule has 0 amide bonds. The van der Waals surface area contributed by atoms with Crippen molar-refractivity contribution >= 4 is 39.8 Å². The lowest BCUT2D eigenvalue weighted by molar-refractivity contribution is 0.304. The van der Waals surface area contributed by atoms with E-state index in [4.69, 9.17) is 0 Å². The van der Waals surface area contributed by atoms with Crippen molar-refractivity contribution < 1.29 is 8.42 Å². The minimum Gasteiger partial charge on any atom is -0.357 e. The van der Waals surface area contributed by atoms with E-state index in [-0.39, 0.29) is 29.7 Å². The van der Waals surface area contributed by atoms with Crippen LogP contribution in [0.25, 0.3) is 0 Å². The topological polar surface area (TPSA) is 70.6 Å². The first-order valence-corrected chi connectivity index (χ1v) is 10.6. The lowest BCUT2D eigenvalue weighted by Crippen LogP contribution is -2.45. The van der Waals surface area contributed by atoms with E-state index >= 15 is 0 Å². The van der Waals surface area contributed by atoms with Gasteiger partial charge in [0.15, 0.2) is 15.8 Å². The maximum absolute atomic E-state index is 12.1. The molecule has 0 atom stereocenters. The molecule has 0 aliphatic heterocycles. The summed E-state index contributed by atoms with van der Waals surface area (Å²) in [7, 11) is -3.11. The van der Waals surface area contributed by atoms with Gasteiger partial charge in [0, 0.05) is 12.6 Å². The second-order valence-electron chi connectivity index (χ2n) is 7.46. The van der Waals surface area contributed by atoms with Crippen molar-refractivity contribution in [3.8, 4) is 0 Å². The van der Waals surface area contributed by atoms with Gasteiger partial charge in [0.2, 0.25) is 0 Å². The molecule has 0 aromatic rings. The molecule has 5 nitrogen and oxygen atoms in total. The van der Waals surface area contributed by atoms with E-state index in [1.807, 2.05) is 6.92 Å². The van der Waals surface area contributed by atoms with E-state index in [9.17, 15) is 8.42 Å². The van der Waals surface area contributed by atoms with Gasteiger partial charge in [0.1, 0.15) is 0 Å². The third-order valence-corrected chi connectivity index (χ3v) is 7.26. The van der Waals surface area contributed by atoms with Crippen molar-refractivity contribution in [1.29, 1.82) is 0 Å². The maximum Gasteiger partial charge on any atom is 0.191 e. The number of nitrogens with zero attached hydrogens (tertiary/aromatic N) is 1. The zero-order chi connectivity index (χ0) is 17.5. The smallest absolute Gasteiger partial charge is 0.191 e. The number of hydrogen-bond donors (Lipinski definition) is 2. The average molecular weight is 473 g/mol. The normalized spacial score (nSPS) is 22.6. The van der Waals surface area contributed by atoms with Crippen LogP contribution in [-0.4, -0.2) is 44.0 Å². The van der Waals surface area contributed by atoms with E-state index in [1.165, 1.54) is 32.1 Å². The third-order valence-electron chi connectivity index (χ3n) is 4.67. The fourth-order valence-corrected chi connectivity index (χ4v) is 3.76. The largest absolute Gasteiger partial charge is 0.357 e. The van der Waals surface area contributed by atoms with Gasteiger partial charge in [-0.2, -0.15) is 0 Å². The number of aliphatic imine (C=N–C) groups is 1. The molecule has 0 aromatic carbocycles. The number of hydrogen-bond acceptors (Lipinski definition) is 3. The Morgan fingerprint density at radius 3 is 2.17 bits per heavy atom. The van der Waals surface area contributed by atoms with Crippen LogP contribution >= 0.6 is 24.0 Å². The highest BCUT2D eigenvalue weighted by molar-refractivity contribution is 14.0. The van der Waals surface area contributed by atoms with Crippen LogP contribution in [-0.2, 0) is 9.84 Å². The standard InChI is InChI=1S/C17H35N3O2S.HI/c1-6-14-8-10-15(11-9-14)20-16(18-7-2)19-12-13-23(21,22)17(3,4)5;/h14-15H,6-13H2,1-5H3,(H2,18,19,20);1H. The maximum atomic E-state index is 12.1. The lowest BCUT2D eigenvalue weighted by Gasteiger charge is -2.29. The second kappa shape index (κ2) is 10.8. The van der Waals surface area contributed by atoms with Gasteiger partial charge < -0.3 is 10.6 Å². The number of rotatable bonds is 6. The highest BCUT2D eigenvalue weighted by atomic mass is 127. The van der Waals surface area contributed by atoms with E-state index in [0.29, 0.717) is 12.6 Å². The third kappa shape index (κ3) is 7.89. The molecule has 1 fully saturated rings. The van der Waals surface area contributed by atoms with Crippen LogP contribution in [0, 0.1) is 5.92 Å². The lowest BCUT2D eigenvalue weighted by atomic mass is 9.84. The molecule has 24 heavy (non-hydrogen) atoms. The SMILES string of the molecule is CCNC(=NCCS(=O)(=O)C(C)(C)C)NC1CCC(CC)CC1.I. The summed E-state index contributed by atoms with van der Waals surface area (Å²) in [6.45, 7) is 10.6. The van der Waals surface area contributed by atoms with E-state index in [0.717, 1.165) is 18.4 Å². The molecule has 2 N–H and O–H groups in total. The molecule has 7 heteroatoms. The first-order valence-electron chi connectivity index (χ1n) is 8.96. The molecule has 0 radical (unpaired) electrons. The minimum atomic E-state index is -3.11. The molecule has 1 saturated carbocycles. The Kier molecular flexibility index (Phi) is 10.8. The van der Waals surface area contributed by atoms with Crippen molar-refractivity contribution in [2.24, 2.45) is 10.9 Å². The zero-order valence-corrected chi connectivity index (χ0v) is 19.0. The highest BCUT2D eigenvalue weighted by Gasteiger charge is 2.28. The van der Waals surface area contributed by atoms with Crippen LogP contribution in [0.3, 0.4) is 0 Å². The zero-order valence-electron chi connectivity index (χ0n) is 15.9. The molecule has 1 aliphatic carbocycles. The van der Waals surface area contributed by atoms with Gasteiger partial charge in [-0.3, -0.25) is 4.99 Å². The van der Waals surface area contributed by atoms with Crippen molar-refractivity contribution in [1.82, 2.24) is 10.6 Å². The van der Waals surface area contributed by atoms with Gasteiger partial charge in [-0.15, -0.1) is 24.0 Å². The van der Waals surface area contributed by atoms with E-state index in [2.05, 4.69) is 22.5 Å². The fraction of sp³-hybridized carbons (Fsp3) is 0.941. The summed E-state index contributed by atoms with van der Waals surface area (Å²) in [5, 5.41) is 6.69. The highest BCUT2D eigenvalue weighted by Crippen LogP contribution is 2.26. The predicted octanol–water partition coefficient (Wildman–Crippen LogP) is 3.34. The summed E-state index contributed by atoms with van der Waals surface area (Å²) < 4.78 is 23.6. The second-order valence-corrected chi connectivity index (χ2v) is 10.3. The van der Waals surface area contributed by atoms with Crippen LogP contribution < -0.4 is 10.6 Å². The number of guanidine groups is 1. The molecule has 0 spiro atoms. The summed E-state index contributed by atoms with van der Waals surface area (Å²) >= 11 is 0. The fourth-order valence-electron chi connectivity index (χ4n) is 2.81. The Morgan fingerprint density at radius 1 is 1.12 bits per heavy atom. The van der Waals surface area contributed by atoms with Gasteiger partial charge in [-0.05, 0) is 59.3 Å². The van der Waals surface area contributed by atoms with Crippen molar-refractivity contribution in [3.05, 3.63) is 0 Å². The monoisotopic (exact) mass is 473 g/mol. The Bertz CT molecular complexity index is 479. The summed E-state index contributed by atoms with van der Waals surface area (Å²) in [6.07, 6.45) is 6.15. The first kappa shape index (κ1) is 23.9. The van der Waals surface area contributed by atoms with Gasteiger partial charge in [0.25, 0.3) is 0 Å². The Hall–Kier alpha value is -0.0500. The Morgan fingerprint density at radius 2 is 1.71 bits per heavy atom. The Balaban J connectivity index is 0.00000529. The van der Waals surface area contributed by atoms with E-state index < -0.39 is 14.6 Å². The van der Waals surface area contributed by atoms with Crippen LogP contribution in [0.4, 0.5) is 0 Å². The molecule has 0 unspecified atom stereocenters. The van der Waals surface area contributed by atoms with Crippen LogP contribution in [0.1, 0.15) is 66.7 Å². The van der Waals surface area contributed by atoms with Gasteiger partial charge >= 0.3 is 0 Å². The number of nitrogens with one attached hydrogen (secondary N) is 2. The first-order chi connectivity index (χ1) is 10.7. The summed E-state index contributed by atoms with van der Waals surface area (Å²) in [6, 6.07) is 0.454. The van der Waals surface area contributed by atoms with Gasteiger partial charge in [-0.25, -0.2) is 8.42 Å². The molecule has 0 bridgehead atoms. The van der Waals surface area contributed by atoms with Crippen LogP contribution in [0.5, 0.6) is 0 Å². The summed E-state index contributed by atoms with van der Waals surface area (Å²) in [5.41, 5.74) is 0. The number of halogens is 1. The molecule has 1 rings (SSSR count). The van der Waals surface area contributed by atoms with Gasteiger partial charge in [0.05, 0.1) is 17.0 Å². The molecule has 0 heterocycles. The Labute approximate surface area is 165 Å². The van der Waals surface area contributed by atoms with Crippen molar-refractivity contribution in [2.45, 2.75) is 77.5 Å². The van der Waals surface area contributed by atoms with Crippen LogP contribution in [0.15, 0.2) is 4.99 Å². The predicted molar refractivity (Wildman–Crippen MR) is 114 cm³/mol. The van der Waals surface area contributed by atoms with Crippen molar-refractivity contribution in [3.63, 3.8) is 0 Å². The molecular weight excluding hydrogens is 437 g/mol. The molecule has 1 aliphatic rings.